The first-order valence-electron chi connectivity index (χ1n) is 13.4. The van der Waals surface area contributed by atoms with Crippen molar-refractivity contribution in [2.45, 2.75) is 54.4 Å². The zero-order valence-electron chi connectivity index (χ0n) is 23.4. The maximum atomic E-state index is 14.2. The molecule has 0 bridgehead atoms. The lowest BCUT2D eigenvalue weighted by atomic mass is 10.1. The molecule has 1 aromatic carbocycles. The average Bonchev–Trinajstić information content (AvgIpc) is 2.99. The summed E-state index contributed by atoms with van der Waals surface area (Å²) in [4.78, 5) is 0. The number of benzene rings is 1. The average molecular weight is 533 g/mol. The molecule has 0 amide bonds. The highest BCUT2D eigenvalue weighted by Crippen LogP contribution is 2.57. The van der Waals surface area contributed by atoms with Gasteiger partial charge in [-0.25, -0.2) is 0 Å². The van der Waals surface area contributed by atoms with Gasteiger partial charge in [-0.15, -0.1) is 7.92 Å². The third kappa shape index (κ3) is 12.7. The first-order chi connectivity index (χ1) is 17.1. The van der Waals surface area contributed by atoms with E-state index in [4.69, 9.17) is 0 Å². The Morgan fingerprint density at radius 1 is 0.971 bits per heavy atom. The summed E-state index contributed by atoms with van der Waals surface area (Å²) in [6.45, 7) is 20.3. The second-order valence-electron chi connectivity index (χ2n) is 8.07. The molecule has 3 atom stereocenters. The maximum absolute atomic E-state index is 14.2. The van der Waals surface area contributed by atoms with E-state index in [0.717, 1.165) is 30.0 Å². The maximum Gasteiger partial charge on any atom is 0.116 e. The Balaban J connectivity index is 0.00000274. The molecular formula is C31H51OP3. The van der Waals surface area contributed by atoms with Gasteiger partial charge in [0.15, 0.2) is 0 Å². The number of rotatable bonds is 9. The molecule has 0 N–H and O–H groups in total. The van der Waals surface area contributed by atoms with Gasteiger partial charge in [0.25, 0.3) is 0 Å². The molecule has 196 valence electrons. The molecule has 35 heavy (non-hydrogen) atoms. The molecule has 0 saturated carbocycles. The van der Waals surface area contributed by atoms with Crippen molar-refractivity contribution in [2.24, 2.45) is 0 Å². The van der Waals surface area contributed by atoms with Gasteiger partial charge in [-0.3, -0.25) is 0 Å². The molecule has 0 spiro atoms. The van der Waals surface area contributed by atoms with Crippen molar-refractivity contribution < 1.29 is 4.57 Å². The molecule has 0 radical (unpaired) electrons. The molecule has 4 heteroatoms. The fraction of sp³-hybridized carbons (Fsp3) is 0.484. The van der Waals surface area contributed by atoms with Gasteiger partial charge in [0.05, 0.1) is 0 Å². The third-order valence-electron chi connectivity index (χ3n) is 5.81. The van der Waals surface area contributed by atoms with E-state index >= 15 is 0 Å². The zero-order valence-corrected chi connectivity index (χ0v) is 26.1. The monoisotopic (exact) mass is 532 g/mol. The van der Waals surface area contributed by atoms with Crippen LogP contribution in [0.5, 0.6) is 0 Å². The van der Waals surface area contributed by atoms with Crippen molar-refractivity contribution in [1.29, 1.82) is 0 Å². The fourth-order valence-corrected chi connectivity index (χ4v) is 15.0. The van der Waals surface area contributed by atoms with Crippen LogP contribution in [0.3, 0.4) is 0 Å². The summed E-state index contributed by atoms with van der Waals surface area (Å²) in [5, 5.41) is 2.40. The van der Waals surface area contributed by atoms with Crippen LogP contribution < -0.4 is 5.30 Å². The van der Waals surface area contributed by atoms with Crippen molar-refractivity contribution in [3.63, 3.8) is 0 Å². The Hall–Kier alpha value is -0.990. The van der Waals surface area contributed by atoms with Crippen LogP contribution in [0.1, 0.15) is 54.4 Å². The second kappa shape index (κ2) is 21.1. The Kier molecular flexibility index (Phi) is 20.5. The van der Waals surface area contributed by atoms with Crippen LogP contribution in [-0.4, -0.2) is 43.1 Å². The van der Waals surface area contributed by atoms with Crippen LogP contribution in [0.15, 0.2) is 90.8 Å². The largest absolute Gasteiger partial charge is 0.319 e. The van der Waals surface area contributed by atoms with E-state index in [2.05, 4.69) is 63.4 Å². The Morgan fingerprint density at radius 3 is 2.20 bits per heavy atom. The van der Waals surface area contributed by atoms with Gasteiger partial charge in [-0.1, -0.05) is 134 Å². The Labute approximate surface area is 220 Å². The predicted octanol–water partition coefficient (Wildman–Crippen LogP) is 10.3. The Bertz CT molecular complexity index is 836. The lowest BCUT2D eigenvalue weighted by Crippen LogP contribution is -2.14. The van der Waals surface area contributed by atoms with E-state index in [1.54, 1.807) is 5.57 Å². The standard InChI is InChI=1S/C27H39OP3.2C2H6/c1-5-9-15-25(13-6-2)24-29-18-19-30(26(8-4)14-7-3)21-23-31(28,22-20-29)27-16-11-10-12-17-27;2*1-2/h5,7-12,14-17H,3-4,6,13,18-24H2,1-2H3;2*1-2H3/b9-5-,25-15+,26-14+;;. The van der Waals surface area contributed by atoms with Crippen molar-refractivity contribution in [3.8, 4) is 0 Å². The Morgan fingerprint density at radius 2 is 1.63 bits per heavy atom. The molecule has 0 aliphatic carbocycles. The number of hydrogen-bond donors (Lipinski definition) is 0. The molecule has 1 nitrogen and oxygen atoms in total. The first-order valence-corrected chi connectivity index (χ1v) is 19.1. The van der Waals surface area contributed by atoms with Crippen molar-refractivity contribution >= 4 is 28.3 Å². The third-order valence-corrected chi connectivity index (χ3v) is 15.2. The quantitative estimate of drug-likeness (QED) is 0.228. The van der Waals surface area contributed by atoms with E-state index < -0.39 is 7.14 Å². The minimum atomic E-state index is -2.38. The van der Waals surface area contributed by atoms with Crippen LogP contribution >= 0.6 is 23.0 Å². The molecule has 1 saturated heterocycles. The molecule has 1 heterocycles. The summed E-state index contributed by atoms with van der Waals surface area (Å²) >= 11 is 0. The highest BCUT2D eigenvalue weighted by atomic mass is 31.2. The van der Waals surface area contributed by atoms with Gasteiger partial charge in [0, 0.05) is 17.6 Å². The van der Waals surface area contributed by atoms with Crippen LogP contribution in [0.25, 0.3) is 0 Å². The van der Waals surface area contributed by atoms with Gasteiger partial charge >= 0.3 is 0 Å². The minimum Gasteiger partial charge on any atom is -0.319 e. The predicted molar refractivity (Wildman–Crippen MR) is 171 cm³/mol. The number of hydrogen-bond acceptors (Lipinski definition) is 1. The number of allylic oxidation sites excluding steroid dienone is 8. The van der Waals surface area contributed by atoms with E-state index in [0.29, 0.717) is 0 Å². The molecule has 3 unspecified atom stereocenters. The lowest BCUT2D eigenvalue weighted by Gasteiger charge is -2.22. The molecule has 0 aromatic heterocycles. The van der Waals surface area contributed by atoms with E-state index in [9.17, 15) is 4.57 Å². The van der Waals surface area contributed by atoms with Gasteiger partial charge < -0.3 is 4.57 Å². The van der Waals surface area contributed by atoms with Crippen LogP contribution in [-0.2, 0) is 4.57 Å². The highest BCUT2D eigenvalue weighted by Gasteiger charge is 2.29. The summed E-state index contributed by atoms with van der Waals surface area (Å²) in [6, 6.07) is 10.3. The van der Waals surface area contributed by atoms with Crippen LogP contribution in [0, 0.1) is 0 Å². The van der Waals surface area contributed by atoms with Gasteiger partial charge in [0.2, 0.25) is 0 Å². The van der Waals surface area contributed by atoms with E-state index in [1.165, 1.54) is 36.6 Å². The van der Waals surface area contributed by atoms with Crippen molar-refractivity contribution in [3.05, 3.63) is 90.8 Å². The normalized spacial score (nSPS) is 23.5. The summed E-state index contributed by atoms with van der Waals surface area (Å²) in [5.74, 6) is 0. The van der Waals surface area contributed by atoms with Crippen molar-refractivity contribution in [2.75, 3.05) is 43.1 Å². The van der Waals surface area contributed by atoms with E-state index in [1.807, 2.05) is 58.0 Å². The molecule has 1 aromatic rings. The van der Waals surface area contributed by atoms with Gasteiger partial charge in [-0.2, -0.15) is 0 Å². The smallest absolute Gasteiger partial charge is 0.116 e. The van der Waals surface area contributed by atoms with Crippen LogP contribution in [0.2, 0.25) is 0 Å². The first kappa shape index (κ1) is 34.0. The fourth-order valence-electron chi connectivity index (χ4n) is 4.04. The molecule has 1 fully saturated rings. The summed E-state index contributed by atoms with van der Waals surface area (Å²) in [5.41, 5.74) is 1.57. The molecule has 1 aliphatic heterocycles. The summed E-state index contributed by atoms with van der Waals surface area (Å²) in [6.07, 6.45) is 22.5. The summed E-state index contributed by atoms with van der Waals surface area (Å²) in [7, 11) is -2.88. The zero-order chi connectivity index (χ0) is 26.5. The molecule has 2 rings (SSSR count). The topological polar surface area (TPSA) is 17.1 Å². The van der Waals surface area contributed by atoms with E-state index in [-0.39, 0.29) is 15.8 Å². The molecular weight excluding hydrogens is 481 g/mol. The van der Waals surface area contributed by atoms with Gasteiger partial charge in [0.1, 0.15) is 7.14 Å². The minimum absolute atomic E-state index is 0.160. The van der Waals surface area contributed by atoms with Gasteiger partial charge in [-0.05, 0) is 49.5 Å². The lowest BCUT2D eigenvalue weighted by molar-refractivity contribution is 0.583. The SMILES string of the molecule is C=C/C=C(\C=C)P1CCP(C/C(=C/C=C\C)CCC)CCP(=O)(c2ccccc2)CC1.CC.CC. The summed E-state index contributed by atoms with van der Waals surface area (Å²) < 4.78 is 14.2. The second-order valence-corrected chi connectivity index (χ2v) is 16.3. The van der Waals surface area contributed by atoms with Crippen molar-refractivity contribution in [1.82, 2.24) is 0 Å². The van der Waals surface area contributed by atoms with Crippen LogP contribution in [0.4, 0.5) is 0 Å². The highest BCUT2D eigenvalue weighted by molar-refractivity contribution is 7.74. The molecule has 1 aliphatic rings.